The van der Waals surface area contributed by atoms with Crippen molar-refractivity contribution in [2.24, 2.45) is 0 Å². The van der Waals surface area contributed by atoms with E-state index in [9.17, 15) is 0 Å². The third kappa shape index (κ3) is 1.54. The molecule has 0 N–H and O–H groups in total. The van der Waals surface area contributed by atoms with Gasteiger partial charge >= 0.3 is 0 Å². The molecule has 0 fully saturated rings. The summed E-state index contributed by atoms with van der Waals surface area (Å²) in [7, 11) is 0. The van der Waals surface area contributed by atoms with Gasteiger partial charge in [-0.2, -0.15) is 0 Å². The van der Waals surface area contributed by atoms with Crippen molar-refractivity contribution in [3.8, 4) is 0 Å². The minimum Gasteiger partial charge on any atom is -0.456 e. The van der Waals surface area contributed by atoms with Crippen LogP contribution in [0, 0.1) is 6.92 Å². The van der Waals surface area contributed by atoms with Gasteiger partial charge in [-0.3, -0.25) is 0 Å². The molecule has 3 aromatic rings. The van der Waals surface area contributed by atoms with Gasteiger partial charge < -0.3 is 4.42 Å². The highest BCUT2D eigenvalue weighted by Crippen LogP contribution is 2.33. The second-order valence-electron chi connectivity index (χ2n) is 4.98. The maximum Gasteiger partial charge on any atom is 0.138 e. The number of hydrogen-bond acceptors (Lipinski definition) is 1. The van der Waals surface area contributed by atoms with E-state index < -0.39 is 0 Å². The molecule has 0 unspecified atom stereocenters. The summed E-state index contributed by atoms with van der Waals surface area (Å²) in [6.07, 6.45) is 0. The Morgan fingerprint density at radius 3 is 2.59 bits per heavy atom. The van der Waals surface area contributed by atoms with Crippen molar-refractivity contribution in [2.75, 3.05) is 0 Å². The fraction of sp³-hybridized carbons (Fsp3) is 0.250. The Kier molecular flexibility index (Phi) is 2.22. The SMILES string of the molecule is Cc1ccc2oc3c(C(C)C)cccc3c2c1. The highest BCUT2D eigenvalue weighted by molar-refractivity contribution is 6.06. The molecule has 1 heteroatoms. The lowest BCUT2D eigenvalue weighted by molar-refractivity contribution is 0.657. The molecule has 0 saturated heterocycles. The minimum absolute atomic E-state index is 0.486. The molecule has 0 aliphatic carbocycles. The molecule has 0 bridgehead atoms. The van der Waals surface area contributed by atoms with Crippen LogP contribution in [-0.2, 0) is 0 Å². The summed E-state index contributed by atoms with van der Waals surface area (Å²) in [5, 5.41) is 2.46. The van der Waals surface area contributed by atoms with Crippen LogP contribution in [-0.4, -0.2) is 0 Å². The lowest BCUT2D eigenvalue weighted by Crippen LogP contribution is -1.86. The fourth-order valence-corrected chi connectivity index (χ4v) is 2.39. The highest BCUT2D eigenvalue weighted by Gasteiger charge is 2.12. The molecule has 0 amide bonds. The zero-order chi connectivity index (χ0) is 12.0. The zero-order valence-electron chi connectivity index (χ0n) is 10.4. The first-order chi connectivity index (χ1) is 8.16. The molecule has 1 nitrogen and oxygen atoms in total. The average molecular weight is 224 g/mol. The molecule has 1 heterocycles. The smallest absolute Gasteiger partial charge is 0.138 e. The normalized spacial score (nSPS) is 11.8. The largest absolute Gasteiger partial charge is 0.456 e. The van der Waals surface area contributed by atoms with Crippen LogP contribution in [0.2, 0.25) is 0 Å². The number of aryl methyl sites for hydroxylation is 1. The summed E-state index contributed by atoms with van der Waals surface area (Å²) < 4.78 is 6.00. The summed E-state index contributed by atoms with van der Waals surface area (Å²) >= 11 is 0. The van der Waals surface area contributed by atoms with Gasteiger partial charge in [-0.1, -0.05) is 43.7 Å². The number of hydrogen-bond donors (Lipinski definition) is 0. The zero-order valence-corrected chi connectivity index (χ0v) is 10.4. The van der Waals surface area contributed by atoms with Crippen molar-refractivity contribution < 1.29 is 4.42 Å². The summed E-state index contributed by atoms with van der Waals surface area (Å²) in [4.78, 5) is 0. The third-order valence-electron chi connectivity index (χ3n) is 3.30. The molecular formula is C16H16O. The van der Waals surface area contributed by atoms with Gasteiger partial charge in [0.05, 0.1) is 0 Å². The van der Waals surface area contributed by atoms with Gasteiger partial charge in [0.15, 0.2) is 0 Å². The molecule has 17 heavy (non-hydrogen) atoms. The van der Waals surface area contributed by atoms with Gasteiger partial charge in [-0.05, 0) is 30.5 Å². The van der Waals surface area contributed by atoms with E-state index in [2.05, 4.69) is 57.2 Å². The Morgan fingerprint density at radius 2 is 1.82 bits per heavy atom. The molecule has 0 radical (unpaired) electrons. The lowest BCUT2D eigenvalue weighted by atomic mass is 10.00. The Balaban J connectivity index is 2.47. The number of furan rings is 1. The predicted molar refractivity (Wildman–Crippen MR) is 72.5 cm³/mol. The molecule has 0 atom stereocenters. The van der Waals surface area contributed by atoms with Crippen molar-refractivity contribution in [2.45, 2.75) is 26.7 Å². The lowest BCUT2D eigenvalue weighted by Gasteiger charge is -2.04. The van der Waals surface area contributed by atoms with E-state index in [1.165, 1.54) is 21.9 Å². The van der Waals surface area contributed by atoms with Crippen LogP contribution in [0.3, 0.4) is 0 Å². The van der Waals surface area contributed by atoms with Gasteiger partial charge in [0.2, 0.25) is 0 Å². The highest BCUT2D eigenvalue weighted by atomic mass is 16.3. The second-order valence-corrected chi connectivity index (χ2v) is 4.98. The van der Waals surface area contributed by atoms with Crippen molar-refractivity contribution in [3.05, 3.63) is 47.5 Å². The standard InChI is InChI=1S/C16H16O/c1-10(2)12-5-4-6-13-14-9-11(3)7-8-15(14)17-16(12)13/h4-10H,1-3H3. The van der Waals surface area contributed by atoms with E-state index in [0.29, 0.717) is 5.92 Å². The number of rotatable bonds is 1. The van der Waals surface area contributed by atoms with E-state index in [1.54, 1.807) is 0 Å². The Bertz CT molecular complexity index is 689. The van der Waals surface area contributed by atoms with Crippen LogP contribution in [0.1, 0.15) is 30.9 Å². The molecule has 3 rings (SSSR count). The van der Waals surface area contributed by atoms with Gasteiger partial charge in [0.1, 0.15) is 11.2 Å². The topological polar surface area (TPSA) is 13.1 Å². The van der Waals surface area contributed by atoms with Crippen LogP contribution in [0.15, 0.2) is 40.8 Å². The first-order valence-corrected chi connectivity index (χ1v) is 6.08. The van der Waals surface area contributed by atoms with Crippen molar-refractivity contribution >= 4 is 21.9 Å². The summed E-state index contributed by atoms with van der Waals surface area (Å²) in [5.41, 5.74) is 4.59. The summed E-state index contributed by atoms with van der Waals surface area (Å²) in [5.74, 6) is 0.486. The van der Waals surface area contributed by atoms with Crippen LogP contribution in [0.4, 0.5) is 0 Å². The first kappa shape index (κ1) is 10.4. The Hall–Kier alpha value is -1.76. The molecule has 0 aliphatic heterocycles. The van der Waals surface area contributed by atoms with Crippen LogP contribution in [0.25, 0.3) is 21.9 Å². The maximum atomic E-state index is 6.00. The number of benzene rings is 2. The summed E-state index contributed by atoms with van der Waals surface area (Å²) in [6.45, 7) is 6.52. The van der Waals surface area contributed by atoms with Crippen molar-refractivity contribution in [1.29, 1.82) is 0 Å². The molecule has 1 aromatic heterocycles. The number of para-hydroxylation sites is 1. The molecule has 2 aromatic carbocycles. The van der Waals surface area contributed by atoms with E-state index in [4.69, 9.17) is 4.42 Å². The fourth-order valence-electron chi connectivity index (χ4n) is 2.39. The monoisotopic (exact) mass is 224 g/mol. The van der Waals surface area contributed by atoms with Gasteiger partial charge in [0, 0.05) is 10.8 Å². The first-order valence-electron chi connectivity index (χ1n) is 6.08. The van der Waals surface area contributed by atoms with E-state index >= 15 is 0 Å². The Labute approximate surface area is 101 Å². The van der Waals surface area contributed by atoms with Gasteiger partial charge in [-0.25, -0.2) is 0 Å². The van der Waals surface area contributed by atoms with E-state index in [1.807, 2.05) is 0 Å². The quantitative estimate of drug-likeness (QED) is 0.565. The van der Waals surface area contributed by atoms with Gasteiger partial charge in [-0.15, -0.1) is 0 Å². The molecule has 86 valence electrons. The average Bonchev–Trinajstić information content (AvgIpc) is 2.66. The molecule has 0 spiro atoms. The third-order valence-corrected chi connectivity index (χ3v) is 3.30. The van der Waals surface area contributed by atoms with Crippen LogP contribution >= 0.6 is 0 Å². The maximum absolute atomic E-state index is 6.00. The minimum atomic E-state index is 0.486. The molecule has 0 saturated carbocycles. The van der Waals surface area contributed by atoms with Crippen molar-refractivity contribution in [3.63, 3.8) is 0 Å². The van der Waals surface area contributed by atoms with E-state index in [-0.39, 0.29) is 0 Å². The second kappa shape index (κ2) is 3.63. The van der Waals surface area contributed by atoms with Gasteiger partial charge in [0.25, 0.3) is 0 Å². The van der Waals surface area contributed by atoms with Crippen LogP contribution in [0.5, 0.6) is 0 Å². The predicted octanol–water partition coefficient (Wildman–Crippen LogP) is 5.02. The summed E-state index contributed by atoms with van der Waals surface area (Å²) in [6, 6.07) is 12.8. The van der Waals surface area contributed by atoms with Crippen LogP contribution < -0.4 is 0 Å². The number of fused-ring (bicyclic) bond motifs is 3. The van der Waals surface area contributed by atoms with Crippen molar-refractivity contribution in [1.82, 2.24) is 0 Å². The molecule has 0 aliphatic rings. The van der Waals surface area contributed by atoms with E-state index in [0.717, 1.165) is 11.2 Å². The Morgan fingerprint density at radius 1 is 1.00 bits per heavy atom. The molecular weight excluding hydrogens is 208 g/mol.